The number of ether oxygens (including phenoxy) is 1. The Hall–Kier alpha value is -0.920. The van der Waals surface area contributed by atoms with E-state index < -0.39 is 20.7 Å². The third-order valence-corrected chi connectivity index (χ3v) is 8.90. The molecule has 1 unspecified atom stereocenters. The molecule has 1 aliphatic rings. The molecular weight excluding hydrogens is 394 g/mol. The van der Waals surface area contributed by atoms with Crippen molar-refractivity contribution >= 4 is 38.3 Å². The number of carbonyl (C=O) groups is 1. The van der Waals surface area contributed by atoms with E-state index in [0.29, 0.717) is 5.75 Å². The summed E-state index contributed by atoms with van der Waals surface area (Å²) in [5.41, 5.74) is 0. The largest absolute Gasteiger partial charge is 0.463 e. The minimum Gasteiger partial charge on any atom is -0.463 e. The summed E-state index contributed by atoms with van der Waals surface area (Å²) in [6.07, 6.45) is 5.22. The minimum atomic E-state index is -3.86. The van der Waals surface area contributed by atoms with Crippen LogP contribution in [0.2, 0.25) is 5.02 Å². The zero-order valence-corrected chi connectivity index (χ0v) is 17.6. The van der Waals surface area contributed by atoms with Crippen molar-refractivity contribution in [3.05, 3.63) is 29.3 Å². The average molecular weight is 420 g/mol. The van der Waals surface area contributed by atoms with E-state index in [4.69, 9.17) is 16.3 Å². The summed E-state index contributed by atoms with van der Waals surface area (Å²) >= 11 is 6.05. The van der Waals surface area contributed by atoms with Gasteiger partial charge in [0.05, 0.1) is 17.5 Å². The molecule has 5 nitrogen and oxygen atoms in total. The number of benzene rings is 1. The van der Waals surface area contributed by atoms with Gasteiger partial charge in [0.15, 0.2) is 0 Å². The molecule has 0 radical (unpaired) electrons. The van der Waals surface area contributed by atoms with Gasteiger partial charge in [-0.1, -0.05) is 53.7 Å². The predicted octanol–water partition coefficient (Wildman–Crippen LogP) is 4.51. The van der Waals surface area contributed by atoms with E-state index >= 15 is 0 Å². The first-order valence-electron chi connectivity index (χ1n) is 8.91. The third kappa shape index (κ3) is 6.35. The van der Waals surface area contributed by atoms with Gasteiger partial charge >= 0.3 is 5.97 Å². The van der Waals surface area contributed by atoms with Crippen molar-refractivity contribution in [2.75, 3.05) is 5.75 Å². The molecule has 1 saturated carbocycles. The van der Waals surface area contributed by atoms with Crippen LogP contribution in [0.1, 0.15) is 52.4 Å². The Morgan fingerprint density at radius 2 is 1.92 bits per heavy atom. The highest BCUT2D eigenvalue weighted by Crippen LogP contribution is 2.28. The highest BCUT2D eigenvalue weighted by molar-refractivity contribution is 8.00. The van der Waals surface area contributed by atoms with Crippen molar-refractivity contribution < 1.29 is 17.9 Å². The summed E-state index contributed by atoms with van der Waals surface area (Å²) in [5.74, 6) is 0.0959. The number of hydrogen-bond donors (Lipinski definition) is 0. The van der Waals surface area contributed by atoms with Crippen LogP contribution in [0, 0.1) is 0 Å². The molecule has 2 rings (SSSR count). The number of hydrogen-bond acceptors (Lipinski definition) is 4. The molecule has 1 fully saturated rings. The van der Waals surface area contributed by atoms with Crippen molar-refractivity contribution in [1.82, 2.24) is 0 Å². The Kier molecular flexibility index (Phi) is 8.10. The average Bonchev–Trinajstić information content (AvgIpc) is 2.59. The topological polar surface area (TPSA) is 72.8 Å². The molecule has 0 spiro atoms. The number of carbonyl (C=O) groups excluding carboxylic acids is 1. The Balaban J connectivity index is 2.25. The maximum atomic E-state index is 12.8. The van der Waals surface area contributed by atoms with Crippen LogP contribution in [0.5, 0.6) is 0 Å². The summed E-state index contributed by atoms with van der Waals surface area (Å²) in [4.78, 5) is 11.9. The van der Waals surface area contributed by atoms with Crippen molar-refractivity contribution in [2.24, 2.45) is 3.77 Å². The molecule has 1 aromatic rings. The molecule has 26 heavy (non-hydrogen) atoms. The number of rotatable bonds is 7. The van der Waals surface area contributed by atoms with Crippen LogP contribution in [0.15, 0.2) is 32.9 Å². The van der Waals surface area contributed by atoms with E-state index in [-0.39, 0.29) is 33.7 Å². The van der Waals surface area contributed by atoms with Gasteiger partial charge in [-0.05, 0) is 38.8 Å². The molecule has 0 amide bonds. The fourth-order valence-electron chi connectivity index (χ4n) is 2.93. The van der Waals surface area contributed by atoms with E-state index in [0.717, 1.165) is 25.7 Å². The first kappa shape index (κ1) is 21.4. The maximum absolute atomic E-state index is 12.8. The van der Waals surface area contributed by atoms with Crippen molar-refractivity contribution in [1.29, 1.82) is 0 Å². The molecule has 0 bridgehead atoms. The van der Waals surface area contributed by atoms with E-state index in [1.165, 1.54) is 12.5 Å². The standard InChI is InChI=1S/C18H26ClNO4S2/c1-14(2)24-18(21)12-13-25(15-8-4-3-5-9-15)20-26(22,23)17-11-7-6-10-16(17)19/h6-7,10-11,14-15H,3-5,8-9,12-13H2,1-2H3. The van der Waals surface area contributed by atoms with Crippen LogP contribution in [0.4, 0.5) is 0 Å². The highest BCUT2D eigenvalue weighted by Gasteiger charge is 2.24. The van der Waals surface area contributed by atoms with Gasteiger partial charge in [-0.2, -0.15) is 8.42 Å². The number of esters is 1. The van der Waals surface area contributed by atoms with E-state index in [1.54, 1.807) is 32.0 Å². The van der Waals surface area contributed by atoms with E-state index in [1.807, 2.05) is 0 Å². The van der Waals surface area contributed by atoms with Gasteiger partial charge in [0.1, 0.15) is 4.90 Å². The minimum absolute atomic E-state index is 0.0275. The summed E-state index contributed by atoms with van der Waals surface area (Å²) in [6, 6.07) is 6.33. The summed E-state index contributed by atoms with van der Waals surface area (Å²) in [7, 11) is -4.60. The molecule has 1 aliphatic carbocycles. The second kappa shape index (κ2) is 9.85. The van der Waals surface area contributed by atoms with E-state index in [9.17, 15) is 13.2 Å². The van der Waals surface area contributed by atoms with Crippen molar-refractivity contribution in [3.63, 3.8) is 0 Å². The maximum Gasteiger partial charge on any atom is 0.306 e. The van der Waals surface area contributed by atoms with Crippen LogP contribution in [-0.4, -0.2) is 31.5 Å². The zero-order valence-electron chi connectivity index (χ0n) is 15.2. The SMILES string of the molecule is CC(C)OC(=O)CCS(=NS(=O)(=O)c1ccccc1Cl)C1CCCCC1. The lowest BCUT2D eigenvalue weighted by Gasteiger charge is -2.24. The number of halogens is 1. The number of nitrogens with zero attached hydrogens (tertiary/aromatic N) is 1. The lowest BCUT2D eigenvalue weighted by atomic mass is 10.0. The Morgan fingerprint density at radius 3 is 2.54 bits per heavy atom. The Bertz CT molecular complexity index is 756. The Morgan fingerprint density at radius 1 is 1.27 bits per heavy atom. The second-order valence-electron chi connectivity index (χ2n) is 6.63. The Labute approximate surface area is 163 Å². The monoisotopic (exact) mass is 419 g/mol. The van der Waals surface area contributed by atoms with Crippen molar-refractivity contribution in [2.45, 2.75) is 68.6 Å². The fourth-order valence-corrected chi connectivity index (χ4v) is 7.63. The second-order valence-corrected chi connectivity index (χ2v) is 10.9. The lowest BCUT2D eigenvalue weighted by molar-refractivity contribution is -0.146. The summed E-state index contributed by atoms with van der Waals surface area (Å²) < 4.78 is 34.9. The fraction of sp³-hybridized carbons (Fsp3) is 0.611. The van der Waals surface area contributed by atoms with Gasteiger partial charge in [0.25, 0.3) is 10.0 Å². The molecule has 8 heteroatoms. The molecule has 0 N–H and O–H groups in total. The molecule has 0 saturated heterocycles. The third-order valence-electron chi connectivity index (χ3n) is 4.13. The number of sulfonamides is 1. The van der Waals surface area contributed by atoms with Gasteiger partial charge in [-0.3, -0.25) is 4.79 Å². The van der Waals surface area contributed by atoms with Gasteiger partial charge < -0.3 is 4.74 Å². The highest BCUT2D eigenvalue weighted by atomic mass is 35.5. The molecule has 0 aliphatic heterocycles. The van der Waals surface area contributed by atoms with Gasteiger partial charge in [-0.15, -0.1) is 3.77 Å². The van der Waals surface area contributed by atoms with Crippen LogP contribution in [-0.2, 0) is 30.2 Å². The molecule has 1 atom stereocenters. The molecule has 1 aromatic carbocycles. The zero-order chi connectivity index (χ0) is 19.2. The summed E-state index contributed by atoms with van der Waals surface area (Å²) in [5, 5.41) is 0.371. The van der Waals surface area contributed by atoms with Crippen LogP contribution < -0.4 is 0 Å². The molecular formula is C18H26ClNO4S2. The van der Waals surface area contributed by atoms with E-state index in [2.05, 4.69) is 3.77 Å². The first-order chi connectivity index (χ1) is 12.3. The normalized spacial score (nSPS) is 17.4. The summed E-state index contributed by atoms with van der Waals surface area (Å²) in [6.45, 7) is 3.59. The molecule has 0 aromatic heterocycles. The first-order valence-corrected chi connectivity index (χ1v) is 12.1. The van der Waals surface area contributed by atoms with Crippen molar-refractivity contribution in [3.8, 4) is 0 Å². The smallest absolute Gasteiger partial charge is 0.306 e. The van der Waals surface area contributed by atoms with Crippen LogP contribution >= 0.6 is 11.6 Å². The van der Waals surface area contributed by atoms with Gasteiger partial charge in [0.2, 0.25) is 0 Å². The molecule has 0 heterocycles. The quantitative estimate of drug-likeness (QED) is 0.609. The lowest BCUT2D eigenvalue weighted by Crippen LogP contribution is -2.24. The predicted molar refractivity (Wildman–Crippen MR) is 106 cm³/mol. The van der Waals surface area contributed by atoms with Crippen LogP contribution in [0.25, 0.3) is 0 Å². The molecule has 146 valence electrons. The van der Waals surface area contributed by atoms with Gasteiger partial charge in [0, 0.05) is 11.0 Å². The van der Waals surface area contributed by atoms with Gasteiger partial charge in [-0.25, -0.2) is 0 Å². The van der Waals surface area contributed by atoms with Crippen LogP contribution in [0.3, 0.4) is 0 Å².